The summed E-state index contributed by atoms with van der Waals surface area (Å²) in [7, 11) is 0. The van der Waals surface area contributed by atoms with E-state index in [1.54, 1.807) is 0 Å². The highest BCUT2D eigenvalue weighted by Crippen LogP contribution is 2.34. The molecule has 1 aromatic carbocycles. The van der Waals surface area contributed by atoms with E-state index in [4.69, 9.17) is 21.3 Å². The predicted octanol–water partition coefficient (Wildman–Crippen LogP) is 4.68. The Kier molecular flexibility index (Phi) is 4.91. The summed E-state index contributed by atoms with van der Waals surface area (Å²) in [6.45, 7) is 2.00. The molecule has 0 spiro atoms. The summed E-state index contributed by atoms with van der Waals surface area (Å²) in [6, 6.07) is 6.23. The van der Waals surface area contributed by atoms with E-state index in [-0.39, 0.29) is 0 Å². The molecule has 1 fully saturated rings. The van der Waals surface area contributed by atoms with E-state index in [9.17, 15) is 0 Å². The van der Waals surface area contributed by atoms with Gasteiger partial charge in [-0.25, -0.2) is 0 Å². The fraction of sp³-hybridized carbons (Fsp3) is 0.550. The van der Waals surface area contributed by atoms with Crippen LogP contribution in [0.4, 0.5) is 0 Å². The normalized spacial score (nSPS) is 19.5. The summed E-state index contributed by atoms with van der Waals surface area (Å²) < 4.78 is 6.41. The summed E-state index contributed by atoms with van der Waals surface area (Å²) in [5.74, 6) is 0.953. The molecule has 24 heavy (non-hydrogen) atoms. The maximum absolute atomic E-state index is 6.45. The van der Waals surface area contributed by atoms with Crippen LogP contribution in [0.25, 0.3) is 10.9 Å². The molecule has 4 heteroatoms. The number of nitrogens with zero attached hydrogens (tertiary/aromatic N) is 1. The van der Waals surface area contributed by atoms with E-state index >= 15 is 0 Å². The maximum Gasteiger partial charge on any atom is 0.129 e. The van der Waals surface area contributed by atoms with Crippen LogP contribution >= 0.6 is 11.6 Å². The number of rotatable bonds is 2. The standard InChI is InChI=1S/C20H25ClN2O/c21-17-7-8-19(24-15-5-3-1-2-4-6-15)16-13-14-9-11-22-12-10-18(14)23-20(16)17/h7-8,13,15,22H,1-6,9-12H2. The van der Waals surface area contributed by atoms with Gasteiger partial charge in [0.15, 0.2) is 0 Å². The number of nitrogens with one attached hydrogen (secondary N) is 1. The van der Waals surface area contributed by atoms with Crippen LogP contribution in [0.5, 0.6) is 5.75 Å². The van der Waals surface area contributed by atoms with Gasteiger partial charge in [0.25, 0.3) is 0 Å². The Labute approximate surface area is 148 Å². The van der Waals surface area contributed by atoms with Gasteiger partial charge in [-0.05, 0) is 62.4 Å². The summed E-state index contributed by atoms with van der Waals surface area (Å²) in [4.78, 5) is 4.90. The molecular formula is C20H25ClN2O. The van der Waals surface area contributed by atoms with Crippen molar-refractivity contribution < 1.29 is 4.74 Å². The van der Waals surface area contributed by atoms with Gasteiger partial charge in [0.05, 0.1) is 16.6 Å². The zero-order chi connectivity index (χ0) is 16.4. The molecule has 128 valence electrons. The Morgan fingerprint density at radius 2 is 1.83 bits per heavy atom. The minimum atomic E-state index is 0.331. The highest BCUT2D eigenvalue weighted by Gasteiger charge is 2.18. The number of aromatic nitrogens is 1. The van der Waals surface area contributed by atoms with Gasteiger partial charge in [0.2, 0.25) is 0 Å². The fourth-order valence-electron chi connectivity index (χ4n) is 3.91. The van der Waals surface area contributed by atoms with Crippen LogP contribution in [0.1, 0.15) is 49.8 Å². The zero-order valence-corrected chi connectivity index (χ0v) is 14.9. The molecule has 1 aliphatic carbocycles. The average molecular weight is 345 g/mol. The van der Waals surface area contributed by atoms with Crippen LogP contribution < -0.4 is 10.1 Å². The molecule has 2 heterocycles. The van der Waals surface area contributed by atoms with Gasteiger partial charge >= 0.3 is 0 Å². The van der Waals surface area contributed by atoms with Crippen LogP contribution in [0.15, 0.2) is 18.2 Å². The molecule has 0 amide bonds. The van der Waals surface area contributed by atoms with E-state index in [2.05, 4.69) is 11.4 Å². The molecule has 1 aromatic heterocycles. The fourth-order valence-corrected chi connectivity index (χ4v) is 4.12. The van der Waals surface area contributed by atoms with Crippen molar-refractivity contribution in [3.05, 3.63) is 34.5 Å². The van der Waals surface area contributed by atoms with Crippen molar-refractivity contribution in [2.75, 3.05) is 13.1 Å². The number of ether oxygens (including phenoxy) is 1. The Balaban J connectivity index is 1.72. The lowest BCUT2D eigenvalue weighted by molar-refractivity contribution is 0.186. The van der Waals surface area contributed by atoms with Crippen molar-refractivity contribution in [2.45, 2.75) is 57.5 Å². The molecule has 0 saturated heterocycles. The van der Waals surface area contributed by atoms with Gasteiger partial charge in [-0.1, -0.05) is 24.4 Å². The largest absolute Gasteiger partial charge is 0.490 e. The van der Waals surface area contributed by atoms with Crippen molar-refractivity contribution in [1.29, 1.82) is 0 Å². The second kappa shape index (κ2) is 7.28. The SMILES string of the molecule is Clc1ccc(OC2CCCCCC2)c2cc3c(nc12)CCNCC3. The van der Waals surface area contributed by atoms with Gasteiger partial charge in [0.1, 0.15) is 5.75 Å². The Morgan fingerprint density at radius 1 is 1.04 bits per heavy atom. The van der Waals surface area contributed by atoms with Crippen molar-refractivity contribution in [3.63, 3.8) is 0 Å². The molecule has 1 aliphatic heterocycles. The molecular weight excluding hydrogens is 320 g/mol. The monoisotopic (exact) mass is 344 g/mol. The third kappa shape index (κ3) is 3.38. The van der Waals surface area contributed by atoms with Crippen molar-refractivity contribution in [2.24, 2.45) is 0 Å². The number of fused-ring (bicyclic) bond motifs is 2. The molecule has 4 rings (SSSR count). The quantitative estimate of drug-likeness (QED) is 0.803. The third-order valence-electron chi connectivity index (χ3n) is 5.27. The number of pyridine rings is 1. The molecule has 0 atom stereocenters. The van der Waals surface area contributed by atoms with Gasteiger partial charge < -0.3 is 10.1 Å². The van der Waals surface area contributed by atoms with Crippen LogP contribution in [0.2, 0.25) is 5.02 Å². The van der Waals surface area contributed by atoms with Crippen LogP contribution in [-0.2, 0) is 12.8 Å². The number of hydrogen-bond donors (Lipinski definition) is 1. The average Bonchev–Trinajstić information content (AvgIpc) is 2.98. The number of hydrogen-bond acceptors (Lipinski definition) is 3. The predicted molar refractivity (Wildman–Crippen MR) is 99.1 cm³/mol. The van der Waals surface area contributed by atoms with E-state index in [0.29, 0.717) is 6.10 Å². The van der Waals surface area contributed by atoms with Gasteiger partial charge in [0, 0.05) is 24.0 Å². The van der Waals surface area contributed by atoms with Crippen molar-refractivity contribution in [1.82, 2.24) is 10.3 Å². The molecule has 0 bridgehead atoms. The molecule has 0 radical (unpaired) electrons. The Morgan fingerprint density at radius 3 is 2.67 bits per heavy atom. The van der Waals surface area contributed by atoms with Crippen molar-refractivity contribution >= 4 is 22.5 Å². The van der Waals surface area contributed by atoms with Gasteiger partial charge in [-0.2, -0.15) is 0 Å². The molecule has 0 unspecified atom stereocenters. The summed E-state index contributed by atoms with van der Waals surface area (Å²) in [5, 5.41) is 5.24. The Bertz CT molecular complexity index is 723. The van der Waals surface area contributed by atoms with Crippen molar-refractivity contribution in [3.8, 4) is 5.75 Å². The molecule has 3 nitrogen and oxygen atoms in total. The zero-order valence-electron chi connectivity index (χ0n) is 14.1. The van der Waals surface area contributed by atoms with E-state index in [0.717, 1.165) is 60.4 Å². The van der Waals surface area contributed by atoms with Gasteiger partial charge in [-0.15, -0.1) is 0 Å². The summed E-state index contributed by atoms with van der Waals surface area (Å²) in [6.07, 6.45) is 9.86. The highest BCUT2D eigenvalue weighted by molar-refractivity contribution is 6.35. The van der Waals surface area contributed by atoms with Gasteiger partial charge in [-0.3, -0.25) is 4.98 Å². The second-order valence-corrected chi connectivity index (χ2v) is 7.42. The number of benzene rings is 1. The smallest absolute Gasteiger partial charge is 0.129 e. The first-order chi connectivity index (χ1) is 11.8. The van der Waals surface area contributed by atoms with E-state index < -0.39 is 0 Å². The Hall–Kier alpha value is -1.32. The molecule has 2 aliphatic rings. The maximum atomic E-state index is 6.45. The van der Waals surface area contributed by atoms with Crippen LogP contribution in [0.3, 0.4) is 0 Å². The second-order valence-electron chi connectivity index (χ2n) is 7.02. The first kappa shape index (κ1) is 16.2. The minimum absolute atomic E-state index is 0.331. The first-order valence-electron chi connectivity index (χ1n) is 9.29. The molecule has 1 saturated carbocycles. The lowest BCUT2D eigenvalue weighted by Gasteiger charge is -2.19. The lowest BCUT2D eigenvalue weighted by atomic mass is 10.0. The summed E-state index contributed by atoms with van der Waals surface area (Å²) in [5.41, 5.74) is 3.41. The lowest BCUT2D eigenvalue weighted by Crippen LogP contribution is -2.16. The van der Waals surface area contributed by atoms with E-state index in [1.807, 2.05) is 12.1 Å². The summed E-state index contributed by atoms with van der Waals surface area (Å²) >= 11 is 6.45. The topological polar surface area (TPSA) is 34.1 Å². The molecule has 1 N–H and O–H groups in total. The third-order valence-corrected chi connectivity index (χ3v) is 5.57. The van der Waals surface area contributed by atoms with E-state index in [1.165, 1.54) is 36.9 Å². The number of halogens is 1. The molecule has 2 aromatic rings. The minimum Gasteiger partial charge on any atom is -0.490 e. The van der Waals surface area contributed by atoms with Crippen LogP contribution in [-0.4, -0.2) is 24.2 Å². The highest BCUT2D eigenvalue weighted by atomic mass is 35.5. The van der Waals surface area contributed by atoms with Crippen LogP contribution in [0, 0.1) is 0 Å². The first-order valence-corrected chi connectivity index (χ1v) is 9.67.